The second-order valence-corrected chi connectivity index (χ2v) is 11.2. The van der Waals surface area contributed by atoms with Crippen LogP contribution < -0.4 is 14.5 Å². The van der Waals surface area contributed by atoms with E-state index in [1.54, 1.807) is 36.4 Å². The Morgan fingerprint density at radius 1 is 0.846 bits per heavy atom. The summed E-state index contributed by atoms with van der Waals surface area (Å²) in [6.45, 7) is 5.69. The molecule has 4 rings (SSSR count). The maximum Gasteiger partial charge on any atom is 0.264 e. The number of nitrogens with zero attached hydrogens (tertiary/aromatic N) is 2. The summed E-state index contributed by atoms with van der Waals surface area (Å²) in [5, 5.41) is 4.03. The van der Waals surface area contributed by atoms with Crippen molar-refractivity contribution >= 4 is 27.8 Å². The Balaban J connectivity index is 1.44. The molecule has 0 bridgehead atoms. The molecular formula is C31H31N3O4S. The summed E-state index contributed by atoms with van der Waals surface area (Å²) in [5.41, 5.74) is 7.41. The van der Waals surface area contributed by atoms with Gasteiger partial charge in [0.15, 0.2) is 0 Å². The van der Waals surface area contributed by atoms with Gasteiger partial charge in [-0.3, -0.25) is 9.10 Å². The van der Waals surface area contributed by atoms with Crippen LogP contribution in [-0.4, -0.2) is 27.1 Å². The molecule has 0 aliphatic heterocycles. The van der Waals surface area contributed by atoms with Gasteiger partial charge < -0.3 is 4.74 Å². The lowest BCUT2D eigenvalue weighted by Gasteiger charge is -2.24. The average Bonchev–Trinajstić information content (AvgIpc) is 2.91. The highest BCUT2D eigenvalue weighted by Gasteiger charge is 2.27. The molecular weight excluding hydrogens is 510 g/mol. The van der Waals surface area contributed by atoms with E-state index in [9.17, 15) is 13.2 Å². The van der Waals surface area contributed by atoms with Crippen LogP contribution in [0.25, 0.3) is 0 Å². The minimum absolute atomic E-state index is 0.109. The molecule has 0 saturated carbocycles. The lowest BCUT2D eigenvalue weighted by molar-refractivity contribution is -0.119. The molecule has 200 valence electrons. The van der Waals surface area contributed by atoms with Gasteiger partial charge in [0.1, 0.15) is 18.9 Å². The minimum Gasteiger partial charge on any atom is -0.489 e. The molecule has 0 aliphatic carbocycles. The lowest BCUT2D eigenvalue weighted by Crippen LogP contribution is -2.39. The first-order valence-electron chi connectivity index (χ1n) is 12.5. The molecule has 0 saturated heterocycles. The van der Waals surface area contributed by atoms with E-state index < -0.39 is 22.5 Å². The van der Waals surface area contributed by atoms with E-state index in [-0.39, 0.29) is 4.90 Å². The summed E-state index contributed by atoms with van der Waals surface area (Å²) in [6, 6.07) is 29.2. The third-order valence-corrected chi connectivity index (χ3v) is 7.71. The van der Waals surface area contributed by atoms with Crippen LogP contribution in [0, 0.1) is 20.8 Å². The summed E-state index contributed by atoms with van der Waals surface area (Å²) >= 11 is 0. The summed E-state index contributed by atoms with van der Waals surface area (Å²) in [6.07, 6.45) is 1.49. The Morgan fingerprint density at radius 2 is 1.49 bits per heavy atom. The molecule has 0 unspecified atom stereocenters. The number of amides is 1. The maximum atomic E-state index is 13.6. The van der Waals surface area contributed by atoms with Gasteiger partial charge in [-0.25, -0.2) is 13.8 Å². The van der Waals surface area contributed by atoms with Crippen molar-refractivity contribution in [2.45, 2.75) is 32.3 Å². The van der Waals surface area contributed by atoms with Crippen LogP contribution in [0.2, 0.25) is 0 Å². The van der Waals surface area contributed by atoms with Crippen molar-refractivity contribution in [3.05, 3.63) is 125 Å². The van der Waals surface area contributed by atoms with Gasteiger partial charge in [-0.05, 0) is 91.6 Å². The molecule has 0 aliphatic rings. The highest BCUT2D eigenvalue weighted by atomic mass is 32.2. The van der Waals surface area contributed by atoms with Gasteiger partial charge in [0.25, 0.3) is 15.9 Å². The molecule has 0 aromatic heterocycles. The fourth-order valence-corrected chi connectivity index (χ4v) is 5.39. The Hall–Kier alpha value is -4.43. The molecule has 0 spiro atoms. The molecule has 1 N–H and O–H groups in total. The van der Waals surface area contributed by atoms with E-state index in [0.29, 0.717) is 18.0 Å². The molecule has 39 heavy (non-hydrogen) atoms. The molecule has 0 heterocycles. The number of anilines is 1. The lowest BCUT2D eigenvalue weighted by atomic mass is 10.1. The number of ether oxygens (including phenoxy) is 1. The van der Waals surface area contributed by atoms with Gasteiger partial charge in [-0.2, -0.15) is 5.10 Å². The summed E-state index contributed by atoms with van der Waals surface area (Å²) in [4.78, 5) is 13.0. The standard InChI is InChI=1S/C31H31N3O4S/c1-23-9-15-30(16-10-23)39(36,37)34(28-18-24(2)17-25(3)19-28)21-31(35)33-32-20-26-11-13-29(14-12-26)38-22-27-7-5-4-6-8-27/h4-20H,21-22H2,1-3H3,(H,33,35)/b32-20+. The number of hydrogen-bond donors (Lipinski definition) is 1. The van der Waals surface area contributed by atoms with Crippen molar-refractivity contribution < 1.29 is 17.9 Å². The minimum atomic E-state index is -4.00. The van der Waals surface area contributed by atoms with Gasteiger partial charge in [-0.15, -0.1) is 0 Å². The smallest absolute Gasteiger partial charge is 0.264 e. The molecule has 0 fully saturated rings. The largest absolute Gasteiger partial charge is 0.489 e. The van der Waals surface area contributed by atoms with Gasteiger partial charge in [0, 0.05) is 0 Å². The van der Waals surface area contributed by atoms with Gasteiger partial charge in [-0.1, -0.05) is 54.1 Å². The Morgan fingerprint density at radius 3 is 2.13 bits per heavy atom. The predicted molar refractivity (Wildman–Crippen MR) is 155 cm³/mol. The first-order chi connectivity index (χ1) is 18.7. The number of benzene rings is 4. The van der Waals surface area contributed by atoms with Crippen LogP contribution in [0.1, 0.15) is 27.8 Å². The van der Waals surface area contributed by atoms with E-state index in [0.717, 1.165) is 32.1 Å². The number of sulfonamides is 1. The quantitative estimate of drug-likeness (QED) is 0.211. The van der Waals surface area contributed by atoms with Crippen molar-refractivity contribution in [2.75, 3.05) is 10.8 Å². The van der Waals surface area contributed by atoms with Crippen LogP contribution in [-0.2, 0) is 21.4 Å². The fraction of sp³-hybridized carbons (Fsp3) is 0.161. The number of aryl methyl sites for hydroxylation is 3. The first-order valence-corrected chi connectivity index (χ1v) is 13.9. The number of hydrogen-bond acceptors (Lipinski definition) is 5. The van der Waals surface area contributed by atoms with Crippen molar-refractivity contribution in [3.63, 3.8) is 0 Å². The fourth-order valence-electron chi connectivity index (χ4n) is 3.98. The second kappa shape index (κ2) is 12.4. The monoisotopic (exact) mass is 541 g/mol. The maximum absolute atomic E-state index is 13.6. The van der Waals surface area contributed by atoms with Gasteiger partial charge in [0.2, 0.25) is 0 Å². The zero-order chi connectivity index (χ0) is 27.8. The highest BCUT2D eigenvalue weighted by molar-refractivity contribution is 7.92. The number of carbonyl (C=O) groups is 1. The van der Waals surface area contributed by atoms with Crippen molar-refractivity contribution in [3.8, 4) is 5.75 Å². The number of carbonyl (C=O) groups excluding carboxylic acids is 1. The van der Waals surface area contributed by atoms with Crippen molar-refractivity contribution in [2.24, 2.45) is 5.10 Å². The molecule has 8 heteroatoms. The first kappa shape index (κ1) is 27.6. The predicted octanol–water partition coefficient (Wildman–Crippen LogP) is 5.54. The van der Waals surface area contributed by atoms with Crippen LogP contribution >= 0.6 is 0 Å². The van der Waals surface area contributed by atoms with Gasteiger partial charge in [0.05, 0.1) is 16.8 Å². The molecule has 0 atom stereocenters. The number of hydrazone groups is 1. The van der Waals surface area contributed by atoms with Crippen LogP contribution in [0.5, 0.6) is 5.75 Å². The third kappa shape index (κ3) is 7.55. The normalized spacial score (nSPS) is 11.4. The van der Waals surface area contributed by atoms with E-state index in [2.05, 4.69) is 10.5 Å². The molecule has 7 nitrogen and oxygen atoms in total. The molecule has 0 radical (unpaired) electrons. The van der Waals surface area contributed by atoms with E-state index in [1.165, 1.54) is 6.21 Å². The van der Waals surface area contributed by atoms with Gasteiger partial charge >= 0.3 is 0 Å². The third-order valence-electron chi connectivity index (χ3n) is 5.92. The topological polar surface area (TPSA) is 88.1 Å². The Labute approximate surface area is 229 Å². The van der Waals surface area contributed by atoms with Crippen molar-refractivity contribution in [1.82, 2.24) is 5.43 Å². The zero-order valence-corrected chi connectivity index (χ0v) is 23.0. The van der Waals surface area contributed by atoms with E-state index in [4.69, 9.17) is 4.74 Å². The second-order valence-electron chi connectivity index (χ2n) is 9.31. The zero-order valence-electron chi connectivity index (χ0n) is 22.2. The van der Waals surface area contributed by atoms with Crippen LogP contribution in [0.15, 0.2) is 107 Å². The molecule has 4 aromatic rings. The van der Waals surface area contributed by atoms with E-state index in [1.807, 2.05) is 81.4 Å². The van der Waals surface area contributed by atoms with Crippen LogP contribution in [0.3, 0.4) is 0 Å². The number of rotatable bonds is 10. The molecule has 1 amide bonds. The highest BCUT2D eigenvalue weighted by Crippen LogP contribution is 2.26. The van der Waals surface area contributed by atoms with Crippen molar-refractivity contribution in [1.29, 1.82) is 0 Å². The summed E-state index contributed by atoms with van der Waals surface area (Å²) < 4.78 is 34.0. The SMILES string of the molecule is Cc1ccc(S(=O)(=O)N(CC(=O)N/N=C/c2ccc(OCc3ccccc3)cc2)c2cc(C)cc(C)c2)cc1. The Kier molecular flexibility index (Phi) is 8.78. The summed E-state index contributed by atoms with van der Waals surface area (Å²) in [5.74, 6) is 0.148. The van der Waals surface area contributed by atoms with E-state index >= 15 is 0 Å². The number of nitrogens with one attached hydrogen (secondary N) is 1. The Bertz CT molecular complexity index is 1530. The van der Waals surface area contributed by atoms with Crippen LogP contribution in [0.4, 0.5) is 5.69 Å². The summed E-state index contributed by atoms with van der Waals surface area (Å²) in [7, 11) is -4.00. The average molecular weight is 542 g/mol. The molecule has 4 aromatic carbocycles.